The molecule has 5 heteroatoms. The fourth-order valence-corrected chi connectivity index (χ4v) is 8.99. The molecule has 0 bridgehead atoms. The Bertz CT molecular complexity index is 3080. The van der Waals surface area contributed by atoms with Gasteiger partial charge >= 0.3 is 0 Å². The summed E-state index contributed by atoms with van der Waals surface area (Å²) in [5, 5.41) is 6.16. The number of fused-ring (bicyclic) bond motifs is 9. The highest BCUT2D eigenvalue weighted by Gasteiger charge is 2.19. The van der Waals surface area contributed by atoms with E-state index in [1.54, 1.807) is 0 Å². The van der Waals surface area contributed by atoms with E-state index in [1.165, 1.54) is 41.8 Å². The zero-order chi connectivity index (χ0) is 33.5. The lowest BCUT2D eigenvalue weighted by molar-refractivity contribution is 1.15. The van der Waals surface area contributed by atoms with Gasteiger partial charge in [0.2, 0.25) is 0 Å². The number of pyridine rings is 2. The summed E-state index contributed by atoms with van der Waals surface area (Å²) in [6.07, 6.45) is 1.90. The molecule has 0 radical (unpaired) electrons. The van der Waals surface area contributed by atoms with Gasteiger partial charge in [0.15, 0.2) is 0 Å². The summed E-state index contributed by atoms with van der Waals surface area (Å²) in [6, 6.07) is 58.6. The largest absolute Gasteiger partial charge is 0.309 e. The Balaban J connectivity index is 1.17. The standard InChI is InChI=1S/C46H28N4S/c1-3-12-29(13-4-1)38-25-32(26-39(48-38)30-14-5-2-6-15-30)50-40-18-9-7-16-33(40)35-24-31(21-22-41(35)50)49-42-19-11-23-47-46(42)37-27-36-34-17-8-10-20-44(34)51-45(36)28-43(37)49/h1-28H. The highest BCUT2D eigenvalue weighted by molar-refractivity contribution is 7.25. The summed E-state index contributed by atoms with van der Waals surface area (Å²) in [6.45, 7) is 0. The maximum absolute atomic E-state index is 5.16. The number of aromatic nitrogens is 4. The van der Waals surface area contributed by atoms with Crippen LogP contribution in [0.3, 0.4) is 0 Å². The molecule has 11 rings (SSSR count). The Labute approximate surface area is 297 Å². The predicted molar refractivity (Wildman–Crippen MR) is 214 cm³/mol. The van der Waals surface area contributed by atoms with E-state index in [0.29, 0.717) is 0 Å². The van der Waals surface area contributed by atoms with Gasteiger partial charge < -0.3 is 9.13 Å². The number of benzene rings is 6. The molecule has 11 aromatic rings. The highest BCUT2D eigenvalue weighted by atomic mass is 32.1. The van der Waals surface area contributed by atoms with Crippen LogP contribution < -0.4 is 0 Å². The van der Waals surface area contributed by atoms with E-state index in [-0.39, 0.29) is 0 Å². The van der Waals surface area contributed by atoms with Gasteiger partial charge in [-0.25, -0.2) is 4.98 Å². The SMILES string of the molecule is c1ccc(-c2cc(-n3c4ccccc4c4cc(-n5c6cc7sc8ccccc8c7cc6c6ncccc65)ccc43)cc(-c3ccccc3)n2)cc1. The molecule has 4 nitrogen and oxygen atoms in total. The van der Waals surface area contributed by atoms with Crippen LogP contribution in [-0.4, -0.2) is 19.1 Å². The number of rotatable bonds is 4. The van der Waals surface area contributed by atoms with Crippen LogP contribution in [0.1, 0.15) is 0 Å². The molecule has 0 aliphatic heterocycles. The number of thiophene rings is 1. The molecule has 238 valence electrons. The van der Waals surface area contributed by atoms with Gasteiger partial charge in [-0.2, -0.15) is 0 Å². The van der Waals surface area contributed by atoms with E-state index in [2.05, 4.69) is 155 Å². The Morgan fingerprint density at radius 3 is 1.82 bits per heavy atom. The van der Waals surface area contributed by atoms with Gasteiger partial charge in [-0.15, -0.1) is 11.3 Å². The van der Waals surface area contributed by atoms with Crippen LogP contribution in [0.4, 0.5) is 0 Å². The zero-order valence-electron chi connectivity index (χ0n) is 27.4. The molecule has 0 spiro atoms. The van der Waals surface area contributed by atoms with Gasteiger partial charge in [0.05, 0.1) is 44.7 Å². The molecule has 0 saturated carbocycles. The summed E-state index contributed by atoms with van der Waals surface area (Å²) in [5.74, 6) is 0. The van der Waals surface area contributed by atoms with Gasteiger partial charge in [0, 0.05) is 59.3 Å². The smallest absolute Gasteiger partial charge is 0.0963 e. The van der Waals surface area contributed by atoms with E-state index < -0.39 is 0 Å². The molecule has 5 heterocycles. The van der Waals surface area contributed by atoms with Crippen molar-refractivity contribution in [3.8, 4) is 33.9 Å². The fraction of sp³-hybridized carbons (Fsp3) is 0. The van der Waals surface area contributed by atoms with Crippen LogP contribution in [0, 0.1) is 0 Å². The van der Waals surface area contributed by atoms with Crippen molar-refractivity contribution in [1.82, 2.24) is 19.1 Å². The van der Waals surface area contributed by atoms with Crippen LogP contribution in [0.2, 0.25) is 0 Å². The second-order valence-corrected chi connectivity index (χ2v) is 14.1. The molecule has 0 atom stereocenters. The topological polar surface area (TPSA) is 35.6 Å². The van der Waals surface area contributed by atoms with Crippen LogP contribution >= 0.6 is 11.3 Å². The molecule has 0 unspecified atom stereocenters. The number of nitrogens with zero attached hydrogens (tertiary/aromatic N) is 4. The first-order valence-electron chi connectivity index (χ1n) is 17.2. The van der Waals surface area contributed by atoms with E-state index in [1.807, 2.05) is 35.7 Å². The van der Waals surface area contributed by atoms with Crippen LogP contribution in [-0.2, 0) is 0 Å². The van der Waals surface area contributed by atoms with Gasteiger partial charge in [-0.3, -0.25) is 4.98 Å². The molecule has 0 aliphatic rings. The van der Waals surface area contributed by atoms with Crippen molar-refractivity contribution in [2.75, 3.05) is 0 Å². The van der Waals surface area contributed by atoms with Crippen molar-refractivity contribution in [3.05, 3.63) is 170 Å². The first-order chi connectivity index (χ1) is 25.3. The number of hydrogen-bond donors (Lipinski definition) is 0. The second kappa shape index (κ2) is 11.0. The molecule has 5 aromatic heterocycles. The van der Waals surface area contributed by atoms with E-state index in [9.17, 15) is 0 Å². The van der Waals surface area contributed by atoms with Gasteiger partial charge in [-0.1, -0.05) is 97.1 Å². The molecular weight excluding hydrogens is 641 g/mol. The third kappa shape index (κ3) is 4.32. The lowest BCUT2D eigenvalue weighted by Gasteiger charge is -2.13. The monoisotopic (exact) mass is 668 g/mol. The van der Waals surface area contributed by atoms with Crippen molar-refractivity contribution >= 4 is 75.3 Å². The Kier molecular flexibility index (Phi) is 6.09. The minimum absolute atomic E-state index is 0.944. The van der Waals surface area contributed by atoms with Gasteiger partial charge in [0.25, 0.3) is 0 Å². The normalized spacial score (nSPS) is 11.9. The molecule has 0 saturated heterocycles. The summed E-state index contributed by atoms with van der Waals surface area (Å²) >= 11 is 1.85. The van der Waals surface area contributed by atoms with Crippen molar-refractivity contribution in [3.63, 3.8) is 0 Å². The average Bonchev–Trinajstić information content (AvgIpc) is 3.84. The third-order valence-electron chi connectivity index (χ3n) is 10.1. The summed E-state index contributed by atoms with van der Waals surface area (Å²) in [4.78, 5) is 10.1. The lowest BCUT2D eigenvalue weighted by Crippen LogP contribution is -1.99. The summed E-state index contributed by atoms with van der Waals surface area (Å²) < 4.78 is 7.37. The van der Waals surface area contributed by atoms with Gasteiger partial charge in [-0.05, 0) is 66.7 Å². The van der Waals surface area contributed by atoms with Crippen molar-refractivity contribution in [2.45, 2.75) is 0 Å². The summed E-state index contributed by atoms with van der Waals surface area (Å²) in [7, 11) is 0. The van der Waals surface area contributed by atoms with Crippen molar-refractivity contribution < 1.29 is 0 Å². The maximum atomic E-state index is 5.16. The van der Waals surface area contributed by atoms with Crippen molar-refractivity contribution in [1.29, 1.82) is 0 Å². The van der Waals surface area contributed by atoms with E-state index in [4.69, 9.17) is 9.97 Å². The molecule has 0 fully saturated rings. The fourth-order valence-electron chi connectivity index (χ4n) is 7.86. The first-order valence-corrected chi connectivity index (χ1v) is 18.0. The summed E-state index contributed by atoms with van der Waals surface area (Å²) in [5.41, 5.74) is 11.9. The Hall–Kier alpha value is -6.56. The molecule has 0 aliphatic carbocycles. The molecule has 51 heavy (non-hydrogen) atoms. The molecule has 6 aromatic carbocycles. The lowest BCUT2D eigenvalue weighted by atomic mass is 10.1. The van der Waals surface area contributed by atoms with Crippen molar-refractivity contribution in [2.24, 2.45) is 0 Å². The third-order valence-corrected chi connectivity index (χ3v) is 11.3. The van der Waals surface area contributed by atoms with Crippen LogP contribution in [0.15, 0.2) is 170 Å². The predicted octanol–water partition coefficient (Wildman–Crippen LogP) is 12.4. The van der Waals surface area contributed by atoms with Crippen LogP contribution in [0.25, 0.3) is 97.8 Å². The van der Waals surface area contributed by atoms with E-state index >= 15 is 0 Å². The van der Waals surface area contributed by atoms with Gasteiger partial charge in [0.1, 0.15) is 0 Å². The highest BCUT2D eigenvalue weighted by Crippen LogP contribution is 2.41. The van der Waals surface area contributed by atoms with E-state index in [0.717, 1.165) is 56.0 Å². The number of hydrogen-bond acceptors (Lipinski definition) is 3. The number of para-hydroxylation sites is 1. The quantitative estimate of drug-likeness (QED) is 0.187. The maximum Gasteiger partial charge on any atom is 0.0963 e. The van der Waals surface area contributed by atoms with Crippen LogP contribution in [0.5, 0.6) is 0 Å². The first kappa shape index (κ1) is 28.3. The molecule has 0 N–H and O–H groups in total. The minimum atomic E-state index is 0.944. The molecule has 0 amide bonds. The second-order valence-electron chi connectivity index (χ2n) is 13.1. The Morgan fingerprint density at radius 2 is 1.04 bits per heavy atom. The average molecular weight is 669 g/mol. The molecular formula is C46H28N4S. The minimum Gasteiger partial charge on any atom is -0.309 e. The Morgan fingerprint density at radius 1 is 0.392 bits per heavy atom. The zero-order valence-corrected chi connectivity index (χ0v) is 28.2.